The minimum atomic E-state index is -0.830. The van der Waals surface area contributed by atoms with Gasteiger partial charge in [-0.05, 0) is 71.1 Å². The topological polar surface area (TPSA) is 91.8 Å². The van der Waals surface area contributed by atoms with E-state index in [0.717, 1.165) is 45.6 Å². The molecule has 0 saturated heterocycles. The number of rotatable bonds is 10. The van der Waals surface area contributed by atoms with Crippen molar-refractivity contribution < 1.29 is 24.5 Å². The highest BCUT2D eigenvalue weighted by Crippen LogP contribution is 2.23. The van der Waals surface area contributed by atoms with E-state index in [0.29, 0.717) is 13.2 Å². The van der Waals surface area contributed by atoms with E-state index in [1.807, 2.05) is 48.5 Å². The molecule has 0 spiro atoms. The van der Waals surface area contributed by atoms with E-state index >= 15 is 0 Å². The number of benzene rings is 3. The van der Waals surface area contributed by atoms with E-state index in [1.54, 1.807) is 24.3 Å². The third-order valence-corrected chi connectivity index (χ3v) is 5.52. The molecule has 6 heteroatoms. The first-order chi connectivity index (χ1) is 16.0. The van der Waals surface area contributed by atoms with Crippen LogP contribution in [0, 0.1) is 0 Å². The van der Waals surface area contributed by atoms with Crippen LogP contribution in [-0.4, -0.2) is 34.4 Å². The van der Waals surface area contributed by atoms with Crippen molar-refractivity contribution in [2.75, 3.05) is 13.2 Å². The highest BCUT2D eigenvalue weighted by Gasteiger charge is 2.08. The number of nitrogens with one attached hydrogen (secondary N) is 1. The van der Waals surface area contributed by atoms with Crippen LogP contribution in [0.4, 0.5) is 0 Å². The first kappa shape index (κ1) is 22.3. The van der Waals surface area contributed by atoms with Gasteiger partial charge in [0, 0.05) is 23.5 Å². The Morgan fingerprint density at radius 1 is 0.939 bits per heavy atom. The largest absolute Gasteiger partial charge is 0.508 e. The second-order valence-corrected chi connectivity index (χ2v) is 8.16. The van der Waals surface area contributed by atoms with Gasteiger partial charge in [-0.2, -0.15) is 0 Å². The number of aromatic hydroxyl groups is 1. The summed E-state index contributed by atoms with van der Waals surface area (Å²) in [5.41, 5.74) is 3.99. The van der Waals surface area contributed by atoms with Crippen molar-refractivity contribution in [2.24, 2.45) is 0 Å². The normalized spacial score (nSPS) is 11.9. The van der Waals surface area contributed by atoms with Gasteiger partial charge in [0.15, 0.2) is 0 Å². The molecule has 1 heterocycles. The Morgan fingerprint density at radius 2 is 1.64 bits per heavy atom. The minimum Gasteiger partial charge on any atom is -0.508 e. The highest BCUT2D eigenvalue weighted by molar-refractivity contribution is 5.82. The molecule has 1 aromatic heterocycles. The Bertz CT molecular complexity index is 1210. The molecular formula is C27H27NO5. The quantitative estimate of drug-likeness (QED) is 0.308. The molecule has 0 radical (unpaired) electrons. The summed E-state index contributed by atoms with van der Waals surface area (Å²) >= 11 is 0. The van der Waals surface area contributed by atoms with Gasteiger partial charge in [0.2, 0.25) is 0 Å². The third-order valence-electron chi connectivity index (χ3n) is 5.52. The summed E-state index contributed by atoms with van der Waals surface area (Å²) in [6.45, 7) is 3.18. The molecule has 0 aliphatic rings. The second kappa shape index (κ2) is 10.1. The lowest BCUT2D eigenvalue weighted by atomic mass is 10.0. The molecule has 1 unspecified atom stereocenters. The van der Waals surface area contributed by atoms with Crippen LogP contribution in [0.2, 0.25) is 0 Å². The van der Waals surface area contributed by atoms with Gasteiger partial charge in [0.05, 0.1) is 19.6 Å². The van der Waals surface area contributed by atoms with Gasteiger partial charge in [0.1, 0.15) is 17.2 Å². The molecule has 170 valence electrons. The first-order valence-electron chi connectivity index (χ1n) is 10.9. The Kier molecular flexibility index (Phi) is 6.83. The van der Waals surface area contributed by atoms with Gasteiger partial charge in [-0.3, -0.25) is 4.79 Å². The lowest BCUT2D eigenvalue weighted by Crippen LogP contribution is -2.07. The number of phenolic OH excluding ortho intramolecular Hbond substituents is 1. The van der Waals surface area contributed by atoms with Crippen LogP contribution < -0.4 is 9.47 Å². The standard InChI is InChI=1S/C27H27NO5/c1-18(17-33-25-9-5-23(29)6-10-25)20-3-7-24(8-4-20)32-13-12-22-16-21-14-19(15-27(30)31)2-11-26(21)28-22/h2-11,14,16,18,28-29H,12-13,15,17H2,1H3,(H,30,31). The Labute approximate surface area is 192 Å². The van der Waals surface area contributed by atoms with Crippen LogP contribution >= 0.6 is 0 Å². The van der Waals surface area contributed by atoms with Crippen LogP contribution in [0.1, 0.15) is 29.7 Å². The molecule has 6 nitrogen and oxygen atoms in total. The number of carboxylic acid groups (broad SMARTS) is 1. The van der Waals surface area contributed by atoms with Crippen LogP contribution in [0.15, 0.2) is 72.8 Å². The van der Waals surface area contributed by atoms with Gasteiger partial charge in [-0.1, -0.05) is 25.1 Å². The minimum absolute atomic E-state index is 0.0249. The molecule has 4 rings (SSSR count). The maximum atomic E-state index is 10.9. The smallest absolute Gasteiger partial charge is 0.307 e. The van der Waals surface area contributed by atoms with E-state index in [4.69, 9.17) is 14.6 Å². The van der Waals surface area contributed by atoms with Gasteiger partial charge < -0.3 is 24.7 Å². The Morgan fingerprint density at radius 3 is 2.36 bits per heavy atom. The maximum Gasteiger partial charge on any atom is 0.307 e. The number of H-pyrrole nitrogens is 1. The Hall–Kier alpha value is -3.93. The molecule has 0 bridgehead atoms. The number of carbonyl (C=O) groups is 1. The summed E-state index contributed by atoms with van der Waals surface area (Å²) in [6.07, 6.45) is 0.749. The fourth-order valence-electron chi connectivity index (χ4n) is 3.69. The van der Waals surface area contributed by atoms with Gasteiger partial charge >= 0.3 is 5.97 Å². The predicted molar refractivity (Wildman–Crippen MR) is 127 cm³/mol. The second-order valence-electron chi connectivity index (χ2n) is 8.16. The number of fused-ring (bicyclic) bond motifs is 1. The monoisotopic (exact) mass is 445 g/mol. The fourth-order valence-corrected chi connectivity index (χ4v) is 3.69. The van der Waals surface area contributed by atoms with E-state index in [9.17, 15) is 9.90 Å². The molecule has 0 saturated carbocycles. The molecule has 3 aromatic carbocycles. The molecule has 4 aromatic rings. The van der Waals surface area contributed by atoms with Crippen molar-refractivity contribution in [2.45, 2.75) is 25.7 Å². The number of hydrogen-bond donors (Lipinski definition) is 3. The van der Waals surface area contributed by atoms with E-state index in [1.165, 1.54) is 0 Å². The highest BCUT2D eigenvalue weighted by atomic mass is 16.5. The number of aromatic nitrogens is 1. The molecule has 0 aliphatic heterocycles. The average Bonchev–Trinajstić information content (AvgIpc) is 3.20. The van der Waals surface area contributed by atoms with Crippen molar-refractivity contribution >= 4 is 16.9 Å². The summed E-state index contributed by atoms with van der Waals surface area (Å²) in [7, 11) is 0. The van der Waals surface area contributed by atoms with Crippen LogP contribution in [0.5, 0.6) is 17.2 Å². The van der Waals surface area contributed by atoms with Crippen LogP contribution in [0.25, 0.3) is 10.9 Å². The summed E-state index contributed by atoms with van der Waals surface area (Å²) < 4.78 is 11.7. The predicted octanol–water partition coefficient (Wildman–Crippen LogP) is 5.30. The van der Waals surface area contributed by atoms with Crippen LogP contribution in [0.3, 0.4) is 0 Å². The van der Waals surface area contributed by atoms with E-state index < -0.39 is 5.97 Å². The molecule has 0 aliphatic carbocycles. The summed E-state index contributed by atoms with van der Waals surface area (Å²) in [5.74, 6) is 1.15. The third kappa shape index (κ3) is 6.07. The lowest BCUT2D eigenvalue weighted by molar-refractivity contribution is -0.136. The summed E-state index contributed by atoms with van der Waals surface area (Å²) in [4.78, 5) is 14.3. The van der Waals surface area contributed by atoms with Gasteiger partial charge in [0.25, 0.3) is 0 Å². The number of hydrogen-bond acceptors (Lipinski definition) is 4. The molecule has 0 fully saturated rings. The summed E-state index contributed by atoms with van der Waals surface area (Å²) in [6, 6.07) is 22.5. The van der Waals surface area contributed by atoms with Gasteiger partial charge in [-0.15, -0.1) is 0 Å². The van der Waals surface area contributed by atoms with Crippen molar-refractivity contribution in [1.29, 1.82) is 0 Å². The number of carboxylic acids is 1. The molecular weight excluding hydrogens is 418 g/mol. The fraction of sp³-hybridized carbons (Fsp3) is 0.222. The SMILES string of the molecule is CC(COc1ccc(O)cc1)c1ccc(OCCc2cc3cc(CC(=O)O)ccc3[nH]2)cc1. The Balaban J connectivity index is 1.26. The zero-order valence-electron chi connectivity index (χ0n) is 18.5. The lowest BCUT2D eigenvalue weighted by Gasteiger charge is -2.14. The summed E-state index contributed by atoms with van der Waals surface area (Å²) in [5, 5.41) is 19.3. The maximum absolute atomic E-state index is 10.9. The van der Waals surface area contributed by atoms with E-state index in [-0.39, 0.29) is 18.1 Å². The van der Waals surface area contributed by atoms with Crippen molar-refractivity contribution in [1.82, 2.24) is 4.98 Å². The molecule has 0 amide bonds. The van der Waals surface area contributed by atoms with Crippen molar-refractivity contribution in [3.05, 3.63) is 89.6 Å². The number of aromatic amines is 1. The first-order valence-corrected chi connectivity index (χ1v) is 10.9. The van der Waals surface area contributed by atoms with Gasteiger partial charge in [-0.25, -0.2) is 0 Å². The average molecular weight is 446 g/mol. The molecule has 33 heavy (non-hydrogen) atoms. The van der Waals surface area contributed by atoms with Crippen molar-refractivity contribution in [3.8, 4) is 17.2 Å². The number of phenols is 1. The zero-order chi connectivity index (χ0) is 23.2. The van der Waals surface area contributed by atoms with Crippen LogP contribution in [-0.2, 0) is 17.6 Å². The number of ether oxygens (including phenoxy) is 2. The zero-order valence-corrected chi connectivity index (χ0v) is 18.5. The molecule has 3 N–H and O–H groups in total. The molecule has 1 atom stereocenters. The van der Waals surface area contributed by atoms with Crippen molar-refractivity contribution in [3.63, 3.8) is 0 Å². The number of aliphatic carboxylic acids is 1. The van der Waals surface area contributed by atoms with E-state index in [2.05, 4.69) is 11.9 Å².